The van der Waals surface area contributed by atoms with Crippen LogP contribution >= 0.6 is 0 Å². The van der Waals surface area contributed by atoms with Crippen molar-refractivity contribution in [3.05, 3.63) is 24.2 Å². The number of rotatable bonds is 3. The molecule has 0 amide bonds. The van der Waals surface area contributed by atoms with E-state index < -0.39 is 0 Å². The zero-order chi connectivity index (χ0) is 12.4. The largest absolute Gasteiger partial charge is 0.438 e. The zero-order valence-corrected chi connectivity index (χ0v) is 10.8. The number of hydrogen-bond donors (Lipinski definition) is 1. The highest BCUT2D eigenvalue weighted by Gasteiger charge is 2.37. The number of hydrogen-bond acceptors (Lipinski definition) is 4. The van der Waals surface area contributed by atoms with Gasteiger partial charge in [-0.05, 0) is 37.9 Å². The van der Waals surface area contributed by atoms with Crippen molar-refractivity contribution in [1.82, 2.24) is 15.3 Å². The molecule has 1 atom stereocenters. The average molecular weight is 245 g/mol. The number of nitrogens with one attached hydrogen (secondary N) is 1. The maximum absolute atomic E-state index is 5.95. The van der Waals surface area contributed by atoms with Gasteiger partial charge >= 0.3 is 0 Å². The third-order valence-electron chi connectivity index (χ3n) is 3.82. The monoisotopic (exact) mass is 245 g/mol. The Balaban J connectivity index is 2.03. The fraction of sp³-hybridized carbons (Fsp3) is 0.571. The molecular formula is C14H19N3O. The van der Waals surface area contributed by atoms with Crippen LogP contribution < -0.4 is 5.32 Å². The van der Waals surface area contributed by atoms with Crippen LogP contribution in [0.5, 0.6) is 0 Å². The van der Waals surface area contributed by atoms with E-state index >= 15 is 0 Å². The van der Waals surface area contributed by atoms with Gasteiger partial charge in [0.25, 0.3) is 0 Å². The Labute approximate surface area is 107 Å². The number of piperidine rings is 1. The van der Waals surface area contributed by atoms with Gasteiger partial charge in [-0.15, -0.1) is 0 Å². The molecule has 1 saturated heterocycles. The SMILES string of the molecule is CCCC1(c2nc3ncccc3o2)CCCNC1. The summed E-state index contributed by atoms with van der Waals surface area (Å²) in [5.74, 6) is 0.866. The molecule has 4 nitrogen and oxygen atoms in total. The lowest BCUT2D eigenvalue weighted by Gasteiger charge is -2.34. The summed E-state index contributed by atoms with van der Waals surface area (Å²) in [4.78, 5) is 8.87. The van der Waals surface area contributed by atoms with Crippen LogP contribution in [0.1, 0.15) is 38.5 Å². The van der Waals surface area contributed by atoms with Crippen LogP contribution in [0.15, 0.2) is 22.7 Å². The Hall–Kier alpha value is -1.42. The Morgan fingerprint density at radius 2 is 2.44 bits per heavy atom. The molecule has 2 aromatic heterocycles. The molecule has 0 saturated carbocycles. The summed E-state index contributed by atoms with van der Waals surface area (Å²) >= 11 is 0. The van der Waals surface area contributed by atoms with Gasteiger partial charge in [-0.25, -0.2) is 4.98 Å². The van der Waals surface area contributed by atoms with Crippen molar-refractivity contribution in [2.45, 2.75) is 38.0 Å². The molecule has 0 bridgehead atoms. The summed E-state index contributed by atoms with van der Waals surface area (Å²) in [6.45, 7) is 4.29. The average Bonchev–Trinajstić information content (AvgIpc) is 2.84. The van der Waals surface area contributed by atoms with Gasteiger partial charge in [0.1, 0.15) is 0 Å². The van der Waals surface area contributed by atoms with Crippen molar-refractivity contribution in [1.29, 1.82) is 0 Å². The lowest BCUT2D eigenvalue weighted by atomic mass is 9.77. The minimum atomic E-state index is 0.0632. The van der Waals surface area contributed by atoms with E-state index in [1.165, 1.54) is 6.42 Å². The summed E-state index contributed by atoms with van der Waals surface area (Å²) in [5.41, 5.74) is 1.59. The fourth-order valence-electron chi connectivity index (χ4n) is 2.95. The van der Waals surface area contributed by atoms with E-state index in [0.717, 1.165) is 49.5 Å². The fourth-order valence-corrected chi connectivity index (χ4v) is 2.95. The number of pyridine rings is 1. The molecule has 1 fully saturated rings. The van der Waals surface area contributed by atoms with Gasteiger partial charge in [-0.1, -0.05) is 13.3 Å². The molecule has 18 heavy (non-hydrogen) atoms. The molecule has 1 aliphatic heterocycles. The normalized spacial score (nSPS) is 24.5. The first-order chi connectivity index (χ1) is 8.84. The second-order valence-corrected chi connectivity index (χ2v) is 5.15. The van der Waals surface area contributed by atoms with Crippen LogP contribution in [0.4, 0.5) is 0 Å². The number of aromatic nitrogens is 2. The molecule has 3 rings (SSSR count). The standard InChI is InChI=1S/C14H19N3O/c1-2-6-14(7-4-8-15-10-14)13-17-12-11(18-13)5-3-9-16-12/h3,5,9,15H,2,4,6-8,10H2,1H3. The van der Waals surface area contributed by atoms with Crippen molar-refractivity contribution in [3.8, 4) is 0 Å². The summed E-state index contributed by atoms with van der Waals surface area (Å²) < 4.78 is 5.95. The molecule has 3 heterocycles. The Morgan fingerprint density at radius 3 is 3.17 bits per heavy atom. The number of fused-ring (bicyclic) bond motifs is 1. The first-order valence-electron chi connectivity index (χ1n) is 6.77. The van der Waals surface area contributed by atoms with Crippen molar-refractivity contribution < 1.29 is 4.42 Å². The summed E-state index contributed by atoms with van der Waals surface area (Å²) in [6.07, 6.45) is 6.37. The van der Waals surface area contributed by atoms with Gasteiger partial charge in [-0.2, -0.15) is 4.98 Å². The Kier molecular flexibility index (Phi) is 3.04. The molecule has 0 radical (unpaired) electrons. The second-order valence-electron chi connectivity index (χ2n) is 5.15. The smallest absolute Gasteiger partial charge is 0.204 e. The minimum absolute atomic E-state index is 0.0632. The van der Waals surface area contributed by atoms with E-state index in [1.54, 1.807) is 6.20 Å². The van der Waals surface area contributed by atoms with E-state index in [4.69, 9.17) is 4.42 Å². The third-order valence-corrected chi connectivity index (χ3v) is 3.82. The molecule has 96 valence electrons. The Bertz CT molecular complexity index is 490. The van der Waals surface area contributed by atoms with Crippen molar-refractivity contribution in [3.63, 3.8) is 0 Å². The van der Waals surface area contributed by atoms with Gasteiger partial charge in [0.05, 0.1) is 5.41 Å². The quantitative estimate of drug-likeness (QED) is 0.903. The molecule has 1 aliphatic rings. The number of oxazole rings is 1. The predicted octanol–water partition coefficient (Wildman–Crippen LogP) is 2.64. The lowest BCUT2D eigenvalue weighted by Crippen LogP contribution is -2.43. The van der Waals surface area contributed by atoms with Crippen LogP contribution in [-0.2, 0) is 5.41 Å². The highest BCUT2D eigenvalue weighted by atomic mass is 16.3. The van der Waals surface area contributed by atoms with E-state index in [0.29, 0.717) is 0 Å². The highest BCUT2D eigenvalue weighted by Crippen LogP contribution is 2.36. The lowest BCUT2D eigenvalue weighted by molar-refractivity contribution is 0.239. The molecule has 1 unspecified atom stereocenters. The number of nitrogens with zero attached hydrogens (tertiary/aromatic N) is 2. The summed E-state index contributed by atoms with van der Waals surface area (Å²) in [7, 11) is 0. The second kappa shape index (κ2) is 4.69. The molecule has 0 aromatic carbocycles. The van der Waals surface area contributed by atoms with Crippen LogP contribution in [-0.4, -0.2) is 23.1 Å². The maximum Gasteiger partial charge on any atom is 0.204 e. The molecule has 2 aromatic rings. The predicted molar refractivity (Wildman–Crippen MR) is 70.5 cm³/mol. The van der Waals surface area contributed by atoms with Crippen LogP contribution in [0.2, 0.25) is 0 Å². The topological polar surface area (TPSA) is 51.0 Å². The van der Waals surface area contributed by atoms with E-state index in [-0.39, 0.29) is 5.41 Å². The minimum Gasteiger partial charge on any atom is -0.438 e. The Morgan fingerprint density at radius 1 is 1.50 bits per heavy atom. The first kappa shape index (κ1) is 11.7. The van der Waals surface area contributed by atoms with Crippen molar-refractivity contribution >= 4 is 11.2 Å². The van der Waals surface area contributed by atoms with E-state index in [1.807, 2.05) is 12.1 Å². The van der Waals surface area contributed by atoms with E-state index in [9.17, 15) is 0 Å². The van der Waals surface area contributed by atoms with Crippen LogP contribution in [0.3, 0.4) is 0 Å². The molecule has 1 N–H and O–H groups in total. The van der Waals surface area contributed by atoms with Crippen molar-refractivity contribution in [2.75, 3.05) is 13.1 Å². The first-order valence-corrected chi connectivity index (χ1v) is 6.77. The van der Waals surface area contributed by atoms with Gasteiger partial charge < -0.3 is 9.73 Å². The van der Waals surface area contributed by atoms with E-state index in [2.05, 4.69) is 22.2 Å². The molecular weight excluding hydrogens is 226 g/mol. The van der Waals surface area contributed by atoms with Crippen molar-refractivity contribution in [2.24, 2.45) is 0 Å². The summed E-state index contributed by atoms with van der Waals surface area (Å²) in [6, 6.07) is 3.83. The molecule has 0 aliphatic carbocycles. The maximum atomic E-state index is 5.95. The molecule has 0 spiro atoms. The molecule has 4 heteroatoms. The summed E-state index contributed by atoms with van der Waals surface area (Å²) in [5, 5.41) is 3.48. The van der Waals surface area contributed by atoms with Gasteiger partial charge in [-0.3, -0.25) is 0 Å². The zero-order valence-electron chi connectivity index (χ0n) is 10.8. The van der Waals surface area contributed by atoms with Gasteiger partial charge in [0.2, 0.25) is 5.89 Å². The van der Waals surface area contributed by atoms with Crippen LogP contribution in [0.25, 0.3) is 11.2 Å². The van der Waals surface area contributed by atoms with Gasteiger partial charge in [0.15, 0.2) is 11.2 Å². The third kappa shape index (κ3) is 1.90. The highest BCUT2D eigenvalue weighted by molar-refractivity contribution is 5.67. The van der Waals surface area contributed by atoms with Crippen LogP contribution in [0, 0.1) is 0 Å². The van der Waals surface area contributed by atoms with Gasteiger partial charge in [0, 0.05) is 12.7 Å².